The summed E-state index contributed by atoms with van der Waals surface area (Å²) in [7, 11) is 0. The molecule has 0 heterocycles. The van der Waals surface area contributed by atoms with Crippen LogP contribution in [0.5, 0.6) is 5.75 Å². The summed E-state index contributed by atoms with van der Waals surface area (Å²) in [6, 6.07) is 12.9. The minimum absolute atomic E-state index is 0.0776. The van der Waals surface area contributed by atoms with Crippen molar-refractivity contribution in [1.29, 1.82) is 0 Å². The van der Waals surface area contributed by atoms with Crippen molar-refractivity contribution in [3.05, 3.63) is 59.2 Å². The van der Waals surface area contributed by atoms with Crippen LogP contribution in [0, 0.1) is 6.92 Å². The number of carbonyl (C=O) groups is 2. The molecule has 0 aliphatic carbocycles. The van der Waals surface area contributed by atoms with E-state index in [0.717, 1.165) is 31.4 Å². The quantitative estimate of drug-likeness (QED) is 0.280. The fourth-order valence-electron chi connectivity index (χ4n) is 3.50. The van der Waals surface area contributed by atoms with Crippen LogP contribution in [-0.2, 0) is 9.53 Å². The Morgan fingerprint density at radius 3 is 2.34 bits per heavy atom. The Hall–Kier alpha value is -2.82. The number of nitrogens with one attached hydrogen (secondary N) is 1. The molecule has 0 aromatic heterocycles. The van der Waals surface area contributed by atoms with E-state index < -0.39 is 0 Å². The molecule has 1 amide bonds. The SMILES string of the molecule is CCCCCCOC(=O)c1ccc(NC(=O)CCCOc2ccc(C(C)C)c(C)c2)cc1. The number of hydrogen-bond acceptors (Lipinski definition) is 4. The van der Waals surface area contributed by atoms with Gasteiger partial charge in [-0.2, -0.15) is 0 Å². The molecule has 2 aromatic rings. The molecule has 0 bridgehead atoms. The van der Waals surface area contributed by atoms with Crippen LogP contribution in [0.3, 0.4) is 0 Å². The molecule has 0 spiro atoms. The molecule has 0 atom stereocenters. The van der Waals surface area contributed by atoms with Crippen LogP contribution in [0.4, 0.5) is 5.69 Å². The topological polar surface area (TPSA) is 64.6 Å². The van der Waals surface area contributed by atoms with Crippen molar-refractivity contribution in [1.82, 2.24) is 0 Å². The monoisotopic (exact) mass is 439 g/mol. The van der Waals surface area contributed by atoms with Gasteiger partial charge in [0, 0.05) is 12.1 Å². The van der Waals surface area contributed by atoms with Crippen LogP contribution in [0.15, 0.2) is 42.5 Å². The van der Waals surface area contributed by atoms with Gasteiger partial charge in [-0.15, -0.1) is 0 Å². The summed E-state index contributed by atoms with van der Waals surface area (Å²) in [6.07, 6.45) is 5.26. The first-order valence-electron chi connectivity index (χ1n) is 11.7. The highest BCUT2D eigenvalue weighted by atomic mass is 16.5. The predicted molar refractivity (Wildman–Crippen MR) is 129 cm³/mol. The molecule has 5 heteroatoms. The third kappa shape index (κ3) is 8.74. The standard InChI is InChI=1S/C27H37NO4/c1-5-6-7-8-17-32-27(30)22-11-13-23(14-12-22)28-26(29)10-9-18-31-24-15-16-25(20(2)3)21(4)19-24/h11-16,19-20H,5-10,17-18H2,1-4H3,(H,28,29). The third-order valence-corrected chi connectivity index (χ3v) is 5.32. The first kappa shape index (κ1) is 25.4. The minimum Gasteiger partial charge on any atom is -0.494 e. The number of esters is 1. The van der Waals surface area contributed by atoms with Gasteiger partial charge in [-0.25, -0.2) is 4.79 Å². The van der Waals surface area contributed by atoms with Gasteiger partial charge in [0.1, 0.15) is 5.75 Å². The largest absolute Gasteiger partial charge is 0.494 e. The van der Waals surface area contributed by atoms with Crippen LogP contribution in [0.1, 0.15) is 86.7 Å². The van der Waals surface area contributed by atoms with E-state index in [4.69, 9.17) is 9.47 Å². The second kappa shape index (κ2) is 13.6. The number of benzene rings is 2. The Kier molecular flexibility index (Phi) is 10.8. The molecular formula is C27H37NO4. The summed E-state index contributed by atoms with van der Waals surface area (Å²) in [5.74, 6) is 0.919. The Morgan fingerprint density at radius 1 is 0.938 bits per heavy atom. The molecule has 174 valence electrons. The van der Waals surface area contributed by atoms with Crippen molar-refractivity contribution in [2.24, 2.45) is 0 Å². The fraction of sp³-hybridized carbons (Fsp3) is 0.481. The van der Waals surface area contributed by atoms with E-state index >= 15 is 0 Å². The number of rotatable bonds is 13. The average molecular weight is 440 g/mol. The van der Waals surface area contributed by atoms with Crippen molar-refractivity contribution in [2.75, 3.05) is 18.5 Å². The van der Waals surface area contributed by atoms with Gasteiger partial charge in [0.15, 0.2) is 0 Å². The molecule has 0 radical (unpaired) electrons. The fourth-order valence-corrected chi connectivity index (χ4v) is 3.50. The van der Waals surface area contributed by atoms with Gasteiger partial charge in [0.05, 0.1) is 18.8 Å². The number of unbranched alkanes of at least 4 members (excludes halogenated alkanes) is 3. The molecule has 0 unspecified atom stereocenters. The molecule has 0 saturated heterocycles. The molecule has 1 N–H and O–H groups in total. The van der Waals surface area contributed by atoms with E-state index in [2.05, 4.69) is 39.1 Å². The van der Waals surface area contributed by atoms with Crippen molar-refractivity contribution < 1.29 is 19.1 Å². The summed E-state index contributed by atoms with van der Waals surface area (Å²) < 4.78 is 11.1. The molecule has 0 aliphatic rings. The maximum absolute atomic E-state index is 12.2. The van der Waals surface area contributed by atoms with E-state index in [0.29, 0.717) is 43.2 Å². The lowest BCUT2D eigenvalue weighted by atomic mass is 9.98. The van der Waals surface area contributed by atoms with Gasteiger partial charge in [0.25, 0.3) is 0 Å². The zero-order chi connectivity index (χ0) is 23.3. The Labute approximate surface area is 192 Å². The maximum Gasteiger partial charge on any atom is 0.338 e. The Morgan fingerprint density at radius 2 is 1.69 bits per heavy atom. The highest BCUT2D eigenvalue weighted by Gasteiger charge is 2.09. The maximum atomic E-state index is 12.2. The third-order valence-electron chi connectivity index (χ3n) is 5.32. The van der Waals surface area contributed by atoms with E-state index in [-0.39, 0.29) is 11.9 Å². The van der Waals surface area contributed by atoms with Gasteiger partial charge < -0.3 is 14.8 Å². The van der Waals surface area contributed by atoms with Crippen LogP contribution < -0.4 is 10.1 Å². The van der Waals surface area contributed by atoms with E-state index in [9.17, 15) is 9.59 Å². The lowest BCUT2D eigenvalue weighted by Gasteiger charge is -2.12. The summed E-state index contributed by atoms with van der Waals surface area (Å²) in [6.45, 7) is 9.52. The van der Waals surface area contributed by atoms with Crippen molar-refractivity contribution in [3.63, 3.8) is 0 Å². The van der Waals surface area contributed by atoms with Crippen LogP contribution in [0.25, 0.3) is 0 Å². The van der Waals surface area contributed by atoms with Gasteiger partial charge in [-0.1, -0.05) is 46.1 Å². The average Bonchev–Trinajstić information content (AvgIpc) is 2.77. The highest BCUT2D eigenvalue weighted by molar-refractivity contribution is 5.93. The predicted octanol–water partition coefficient (Wildman–Crippen LogP) is 6.65. The summed E-state index contributed by atoms with van der Waals surface area (Å²) in [5, 5.41) is 2.86. The molecule has 0 fully saturated rings. The highest BCUT2D eigenvalue weighted by Crippen LogP contribution is 2.23. The minimum atomic E-state index is -0.326. The van der Waals surface area contributed by atoms with Gasteiger partial charge in [-0.05, 0) is 73.2 Å². The molecule has 2 rings (SSSR count). The first-order chi connectivity index (χ1) is 15.4. The summed E-state index contributed by atoms with van der Waals surface area (Å²) in [4.78, 5) is 24.2. The van der Waals surface area contributed by atoms with E-state index in [1.165, 1.54) is 11.1 Å². The number of anilines is 1. The van der Waals surface area contributed by atoms with E-state index in [1.54, 1.807) is 24.3 Å². The van der Waals surface area contributed by atoms with Crippen molar-refractivity contribution in [2.45, 2.75) is 72.1 Å². The molecule has 32 heavy (non-hydrogen) atoms. The van der Waals surface area contributed by atoms with Crippen molar-refractivity contribution in [3.8, 4) is 5.75 Å². The Balaban J connectivity index is 1.68. The lowest BCUT2D eigenvalue weighted by molar-refractivity contribution is -0.116. The number of aryl methyl sites for hydroxylation is 1. The first-order valence-corrected chi connectivity index (χ1v) is 11.7. The smallest absolute Gasteiger partial charge is 0.338 e. The van der Waals surface area contributed by atoms with Crippen LogP contribution >= 0.6 is 0 Å². The van der Waals surface area contributed by atoms with Gasteiger partial charge in [-0.3, -0.25) is 4.79 Å². The molecule has 5 nitrogen and oxygen atoms in total. The number of hydrogen-bond donors (Lipinski definition) is 1. The van der Waals surface area contributed by atoms with Gasteiger partial charge >= 0.3 is 5.97 Å². The number of ether oxygens (including phenoxy) is 2. The normalized spacial score (nSPS) is 10.8. The molecule has 0 aliphatic heterocycles. The Bertz CT molecular complexity index is 858. The van der Waals surface area contributed by atoms with Crippen molar-refractivity contribution >= 4 is 17.6 Å². The second-order valence-corrected chi connectivity index (χ2v) is 8.45. The molecule has 0 saturated carbocycles. The molecule has 2 aromatic carbocycles. The summed E-state index contributed by atoms with van der Waals surface area (Å²) >= 11 is 0. The van der Waals surface area contributed by atoms with E-state index in [1.807, 2.05) is 12.1 Å². The van der Waals surface area contributed by atoms with Crippen LogP contribution in [-0.4, -0.2) is 25.1 Å². The zero-order valence-electron chi connectivity index (χ0n) is 19.9. The van der Waals surface area contributed by atoms with Crippen LogP contribution in [0.2, 0.25) is 0 Å². The number of carbonyl (C=O) groups excluding carboxylic acids is 2. The molecular weight excluding hydrogens is 402 g/mol. The lowest BCUT2D eigenvalue weighted by Crippen LogP contribution is -2.13. The second-order valence-electron chi connectivity index (χ2n) is 8.45. The summed E-state index contributed by atoms with van der Waals surface area (Å²) in [5.41, 5.74) is 3.70. The zero-order valence-corrected chi connectivity index (χ0v) is 19.9. The van der Waals surface area contributed by atoms with Gasteiger partial charge in [0.2, 0.25) is 5.91 Å². The number of amides is 1.